The minimum absolute atomic E-state index is 0.105. The van der Waals surface area contributed by atoms with Gasteiger partial charge < -0.3 is 31.7 Å². The third-order valence-electron chi connectivity index (χ3n) is 3.96. The van der Waals surface area contributed by atoms with Crippen molar-refractivity contribution in [3.05, 3.63) is 29.8 Å². The Morgan fingerprint density at radius 2 is 1.61 bits per heavy atom. The molecular weight excluding hydrogens is 430 g/mol. The van der Waals surface area contributed by atoms with Gasteiger partial charge >= 0.3 is 12.0 Å². The lowest BCUT2D eigenvalue weighted by Crippen LogP contribution is -2.50. The van der Waals surface area contributed by atoms with E-state index in [9.17, 15) is 24.0 Å². The molecular formula is C22H35N5O6. The van der Waals surface area contributed by atoms with E-state index in [4.69, 9.17) is 10.5 Å². The van der Waals surface area contributed by atoms with Crippen molar-refractivity contribution in [2.45, 2.75) is 53.7 Å². The van der Waals surface area contributed by atoms with Crippen LogP contribution in [0.5, 0.6) is 0 Å². The van der Waals surface area contributed by atoms with Crippen molar-refractivity contribution >= 4 is 35.4 Å². The number of hydrogen-bond acceptors (Lipinski definition) is 6. The average molecular weight is 466 g/mol. The topological polar surface area (TPSA) is 169 Å². The average Bonchev–Trinajstić information content (AvgIpc) is 2.74. The highest BCUT2D eigenvalue weighted by Gasteiger charge is 2.23. The van der Waals surface area contributed by atoms with Crippen LogP contribution in [0, 0.1) is 5.92 Å². The molecule has 11 heteroatoms. The van der Waals surface area contributed by atoms with Crippen molar-refractivity contribution < 1.29 is 28.7 Å². The smallest absolute Gasteiger partial charge is 0.312 e. The van der Waals surface area contributed by atoms with Gasteiger partial charge in [-0.15, -0.1) is 0 Å². The molecule has 0 fully saturated rings. The third-order valence-corrected chi connectivity index (χ3v) is 3.96. The van der Waals surface area contributed by atoms with E-state index in [2.05, 4.69) is 21.3 Å². The van der Waals surface area contributed by atoms with Gasteiger partial charge in [0.05, 0.1) is 6.54 Å². The molecule has 1 aromatic rings. The van der Waals surface area contributed by atoms with Crippen molar-refractivity contribution in [2.75, 3.05) is 18.4 Å². The van der Waals surface area contributed by atoms with Crippen LogP contribution in [0.1, 0.15) is 46.6 Å². The second-order valence-corrected chi connectivity index (χ2v) is 7.46. The number of carbonyl (C=O) groups excluding carboxylic acids is 5. The first-order chi connectivity index (χ1) is 15.5. The van der Waals surface area contributed by atoms with Gasteiger partial charge in [-0.2, -0.15) is 0 Å². The van der Waals surface area contributed by atoms with E-state index >= 15 is 0 Å². The fourth-order valence-corrected chi connectivity index (χ4v) is 2.35. The summed E-state index contributed by atoms with van der Waals surface area (Å²) in [6.07, 6.45) is 0.933. The number of primary amides is 1. The van der Waals surface area contributed by atoms with Gasteiger partial charge in [0.2, 0.25) is 17.7 Å². The van der Waals surface area contributed by atoms with Crippen LogP contribution in [0.2, 0.25) is 0 Å². The quantitative estimate of drug-likeness (QED) is 0.323. The van der Waals surface area contributed by atoms with Crippen molar-refractivity contribution in [3.8, 4) is 0 Å². The SMILES string of the molecule is CC(=O)NC(C(=O)NCC(=O)Nc1ccc(COC(C)=O)cc1)C(C)C.CCCNC(N)=O. The minimum Gasteiger partial charge on any atom is -0.461 e. The van der Waals surface area contributed by atoms with Gasteiger partial charge in [0.25, 0.3) is 0 Å². The molecule has 1 aromatic carbocycles. The van der Waals surface area contributed by atoms with E-state index in [0.29, 0.717) is 12.2 Å². The number of nitrogens with one attached hydrogen (secondary N) is 4. The van der Waals surface area contributed by atoms with Gasteiger partial charge in [-0.25, -0.2) is 4.79 Å². The standard InChI is InChI=1S/C18H25N3O5.C4H10N2O/c1-11(2)17(20-12(3)22)18(25)19-9-16(24)21-15-7-5-14(6-8-15)10-26-13(4)23;1-2-3-6-4(5)7/h5-8,11,17H,9-10H2,1-4H3,(H,19,25)(H,20,22)(H,21,24);2-3H2,1H3,(H3,5,6,7). The molecule has 184 valence electrons. The minimum atomic E-state index is -0.694. The Labute approximate surface area is 194 Å². The predicted molar refractivity (Wildman–Crippen MR) is 124 cm³/mol. The number of urea groups is 1. The van der Waals surface area contributed by atoms with Crippen LogP contribution in [0.4, 0.5) is 10.5 Å². The Bertz CT molecular complexity index is 795. The van der Waals surface area contributed by atoms with Crippen LogP contribution in [0.15, 0.2) is 24.3 Å². The molecule has 0 saturated carbocycles. The van der Waals surface area contributed by atoms with Crippen molar-refractivity contribution in [1.29, 1.82) is 0 Å². The molecule has 11 nitrogen and oxygen atoms in total. The Balaban J connectivity index is 0.00000126. The number of nitrogens with two attached hydrogens (primary N) is 1. The largest absolute Gasteiger partial charge is 0.461 e. The van der Waals surface area contributed by atoms with Gasteiger partial charge in [0.1, 0.15) is 12.6 Å². The van der Waals surface area contributed by atoms with Crippen LogP contribution in [-0.2, 0) is 30.5 Å². The normalized spacial score (nSPS) is 10.7. The number of hydrogen-bond donors (Lipinski definition) is 5. The van der Waals surface area contributed by atoms with Gasteiger partial charge in [-0.1, -0.05) is 32.9 Å². The number of ether oxygens (including phenoxy) is 1. The van der Waals surface area contributed by atoms with E-state index in [1.54, 1.807) is 38.1 Å². The summed E-state index contributed by atoms with van der Waals surface area (Å²) in [5.41, 5.74) is 6.08. The van der Waals surface area contributed by atoms with E-state index < -0.39 is 23.9 Å². The predicted octanol–water partition coefficient (Wildman–Crippen LogP) is 1.03. The summed E-state index contributed by atoms with van der Waals surface area (Å²) in [6.45, 7) is 8.87. The zero-order valence-electron chi connectivity index (χ0n) is 19.8. The lowest BCUT2D eigenvalue weighted by Gasteiger charge is -2.20. The zero-order chi connectivity index (χ0) is 25.4. The Morgan fingerprint density at radius 1 is 1.00 bits per heavy atom. The first kappa shape index (κ1) is 29.4. The van der Waals surface area contributed by atoms with Gasteiger partial charge in [-0.05, 0) is 30.0 Å². The van der Waals surface area contributed by atoms with Crippen LogP contribution in [0.25, 0.3) is 0 Å². The third kappa shape index (κ3) is 14.9. The monoisotopic (exact) mass is 465 g/mol. The van der Waals surface area contributed by atoms with Gasteiger partial charge in [0.15, 0.2) is 0 Å². The molecule has 0 aromatic heterocycles. The van der Waals surface area contributed by atoms with Gasteiger partial charge in [-0.3, -0.25) is 19.2 Å². The summed E-state index contributed by atoms with van der Waals surface area (Å²) in [5.74, 6) is -1.58. The molecule has 5 amide bonds. The number of carbonyl (C=O) groups is 5. The molecule has 0 saturated heterocycles. The number of benzene rings is 1. The second kappa shape index (κ2) is 16.1. The first-order valence-corrected chi connectivity index (χ1v) is 10.6. The van der Waals surface area contributed by atoms with Crippen LogP contribution in [0.3, 0.4) is 0 Å². The van der Waals surface area contributed by atoms with Crippen LogP contribution >= 0.6 is 0 Å². The highest BCUT2D eigenvalue weighted by Crippen LogP contribution is 2.10. The molecule has 0 aliphatic carbocycles. The number of esters is 1. The summed E-state index contributed by atoms with van der Waals surface area (Å²) in [6, 6.07) is 5.66. The summed E-state index contributed by atoms with van der Waals surface area (Å²) < 4.78 is 4.88. The number of anilines is 1. The summed E-state index contributed by atoms with van der Waals surface area (Å²) in [5, 5.41) is 10.2. The lowest BCUT2D eigenvalue weighted by molar-refractivity contribution is -0.142. The maximum Gasteiger partial charge on any atom is 0.312 e. The van der Waals surface area contributed by atoms with E-state index in [1.165, 1.54) is 13.8 Å². The molecule has 1 rings (SSSR count). The van der Waals surface area contributed by atoms with Crippen molar-refractivity contribution in [3.63, 3.8) is 0 Å². The van der Waals surface area contributed by atoms with Crippen LogP contribution in [-0.4, -0.2) is 48.9 Å². The first-order valence-electron chi connectivity index (χ1n) is 10.6. The van der Waals surface area contributed by atoms with E-state index in [1.807, 2.05) is 6.92 Å². The van der Waals surface area contributed by atoms with Crippen molar-refractivity contribution in [1.82, 2.24) is 16.0 Å². The molecule has 0 radical (unpaired) electrons. The second-order valence-electron chi connectivity index (χ2n) is 7.46. The molecule has 33 heavy (non-hydrogen) atoms. The highest BCUT2D eigenvalue weighted by molar-refractivity contribution is 5.96. The molecule has 1 atom stereocenters. The number of amides is 5. The van der Waals surface area contributed by atoms with E-state index in [-0.39, 0.29) is 30.9 Å². The fraction of sp³-hybridized carbons (Fsp3) is 0.500. The Morgan fingerprint density at radius 3 is 2.03 bits per heavy atom. The summed E-state index contributed by atoms with van der Waals surface area (Å²) in [7, 11) is 0. The van der Waals surface area contributed by atoms with Gasteiger partial charge in [0, 0.05) is 26.1 Å². The molecule has 0 bridgehead atoms. The molecule has 0 aliphatic heterocycles. The maximum atomic E-state index is 12.1. The van der Waals surface area contributed by atoms with E-state index in [0.717, 1.165) is 12.0 Å². The Kier molecular flexibility index (Phi) is 14.3. The molecule has 0 heterocycles. The Hall–Kier alpha value is -3.63. The lowest BCUT2D eigenvalue weighted by atomic mass is 10.0. The number of rotatable bonds is 10. The fourth-order valence-electron chi connectivity index (χ4n) is 2.35. The highest BCUT2D eigenvalue weighted by atomic mass is 16.5. The van der Waals surface area contributed by atoms with Crippen molar-refractivity contribution in [2.24, 2.45) is 11.7 Å². The summed E-state index contributed by atoms with van der Waals surface area (Å²) in [4.78, 5) is 55.8. The summed E-state index contributed by atoms with van der Waals surface area (Å²) >= 11 is 0. The zero-order valence-corrected chi connectivity index (χ0v) is 19.8. The molecule has 1 unspecified atom stereocenters. The van der Waals surface area contributed by atoms with Crippen LogP contribution < -0.4 is 27.0 Å². The molecule has 6 N–H and O–H groups in total. The molecule has 0 spiro atoms. The molecule has 0 aliphatic rings. The maximum absolute atomic E-state index is 12.1.